The maximum absolute atomic E-state index is 6.03. The van der Waals surface area contributed by atoms with Crippen LogP contribution in [0, 0.1) is 6.92 Å². The van der Waals surface area contributed by atoms with E-state index in [0.717, 1.165) is 55.5 Å². The van der Waals surface area contributed by atoms with Crippen molar-refractivity contribution in [2.24, 2.45) is 5.10 Å². The lowest BCUT2D eigenvalue weighted by Crippen LogP contribution is -2.48. The van der Waals surface area contributed by atoms with Gasteiger partial charge in [-0.05, 0) is 23.8 Å². The number of pyridine rings is 1. The minimum absolute atomic E-state index is 0.534. The second kappa shape index (κ2) is 9.51. The highest BCUT2D eigenvalue weighted by Gasteiger charge is 2.19. The summed E-state index contributed by atoms with van der Waals surface area (Å²) < 4.78 is 0. The molecule has 4 rings (SSSR count). The zero-order valence-corrected chi connectivity index (χ0v) is 17.0. The van der Waals surface area contributed by atoms with Crippen molar-refractivity contribution < 1.29 is 4.84 Å². The van der Waals surface area contributed by atoms with Gasteiger partial charge in [-0.3, -0.25) is 25.0 Å². The Morgan fingerprint density at radius 3 is 2.55 bits per heavy atom. The molecule has 2 aliphatic rings. The largest absolute Gasteiger partial charge is 0.298 e. The quantitative estimate of drug-likeness (QED) is 0.717. The smallest absolute Gasteiger partial charge is 0.142 e. The highest BCUT2D eigenvalue weighted by atomic mass is 35.5. The van der Waals surface area contributed by atoms with Gasteiger partial charge < -0.3 is 0 Å². The van der Waals surface area contributed by atoms with E-state index in [0.29, 0.717) is 12.4 Å². The lowest BCUT2D eigenvalue weighted by Gasteiger charge is -2.35. The molecule has 3 heterocycles. The average molecular weight is 415 g/mol. The van der Waals surface area contributed by atoms with Crippen LogP contribution in [0.25, 0.3) is 11.3 Å². The predicted octanol–water partition coefficient (Wildman–Crippen LogP) is 1.92. The zero-order valence-electron chi connectivity index (χ0n) is 16.2. The third-order valence-electron chi connectivity index (χ3n) is 5.00. The fraction of sp³-hybridized carbons (Fsp3) is 0.350. The van der Waals surface area contributed by atoms with E-state index in [-0.39, 0.29) is 0 Å². The first-order valence-corrected chi connectivity index (χ1v) is 10.0. The zero-order chi connectivity index (χ0) is 20.1. The number of hydrogen-bond acceptors (Lipinski definition) is 8. The molecule has 1 radical (unpaired) electrons. The number of nitrogens with one attached hydrogen (secondary N) is 2. The number of hydrazone groups is 1. The summed E-state index contributed by atoms with van der Waals surface area (Å²) in [7, 11) is 0. The number of rotatable bonds is 7. The summed E-state index contributed by atoms with van der Waals surface area (Å²) in [5, 5.41) is 5.99. The van der Waals surface area contributed by atoms with Crippen LogP contribution in [-0.4, -0.2) is 65.2 Å². The van der Waals surface area contributed by atoms with E-state index in [9.17, 15) is 0 Å². The van der Waals surface area contributed by atoms with Crippen molar-refractivity contribution in [2.45, 2.75) is 6.54 Å². The molecule has 29 heavy (non-hydrogen) atoms. The van der Waals surface area contributed by atoms with Crippen LogP contribution in [0.15, 0.2) is 47.7 Å². The standard InChI is InChI=1S/C20H25ClN7O/c1-16-23-25-28(24-16)29-14-13-26-9-11-27(12-10-26)15-18-3-2-8-22-20(18)17-4-6-19(21)7-5-17/h2-8,25H,1,9-15H2,(H,23,24). The topological polar surface area (TPSA) is 68.3 Å². The highest BCUT2D eigenvalue weighted by molar-refractivity contribution is 6.30. The normalized spacial score (nSPS) is 18.3. The SMILES string of the molecule is [CH2]C1=NNN(OCCN2CCN(Cc3cccnc3-c3ccc(Cl)cc3)CC2)N1. The average Bonchev–Trinajstić information content (AvgIpc) is 3.15. The first-order chi connectivity index (χ1) is 14.2. The lowest BCUT2D eigenvalue weighted by atomic mass is 10.1. The Morgan fingerprint density at radius 1 is 1.07 bits per heavy atom. The van der Waals surface area contributed by atoms with Gasteiger partial charge in [0.05, 0.1) is 12.3 Å². The number of hydrogen-bond donors (Lipinski definition) is 2. The van der Waals surface area contributed by atoms with Crippen LogP contribution in [0.3, 0.4) is 0 Å². The van der Waals surface area contributed by atoms with Crippen LogP contribution < -0.4 is 11.0 Å². The number of aromatic nitrogens is 1. The van der Waals surface area contributed by atoms with Gasteiger partial charge in [-0.15, -0.1) is 5.10 Å². The van der Waals surface area contributed by atoms with Gasteiger partial charge in [0.25, 0.3) is 0 Å². The number of amidine groups is 1. The van der Waals surface area contributed by atoms with Gasteiger partial charge in [0.15, 0.2) is 0 Å². The Labute approximate surface area is 176 Å². The second-order valence-corrected chi connectivity index (χ2v) is 7.47. The summed E-state index contributed by atoms with van der Waals surface area (Å²) in [4.78, 5) is 15.0. The van der Waals surface area contributed by atoms with Gasteiger partial charge in [0, 0.05) is 68.3 Å². The molecule has 0 bridgehead atoms. The molecule has 2 N–H and O–H groups in total. The maximum Gasteiger partial charge on any atom is 0.142 e. The fourth-order valence-electron chi connectivity index (χ4n) is 3.44. The van der Waals surface area contributed by atoms with E-state index in [1.165, 1.54) is 10.8 Å². The Balaban J connectivity index is 1.25. The third-order valence-corrected chi connectivity index (χ3v) is 5.25. The summed E-state index contributed by atoms with van der Waals surface area (Å²) >= 11 is 6.03. The van der Waals surface area contributed by atoms with E-state index in [1.807, 2.05) is 36.5 Å². The Morgan fingerprint density at radius 2 is 1.83 bits per heavy atom. The number of halogens is 1. The molecule has 0 unspecified atom stereocenters. The van der Waals surface area contributed by atoms with Crippen LogP contribution in [0.1, 0.15) is 5.56 Å². The molecule has 1 saturated heterocycles. The summed E-state index contributed by atoms with van der Waals surface area (Å²) in [5.41, 5.74) is 8.89. The first-order valence-electron chi connectivity index (χ1n) is 9.67. The minimum Gasteiger partial charge on any atom is -0.298 e. The Kier molecular flexibility index (Phi) is 6.58. The Hall–Kier alpha value is -2.23. The van der Waals surface area contributed by atoms with E-state index in [1.54, 1.807) is 0 Å². The molecule has 0 aliphatic carbocycles. The van der Waals surface area contributed by atoms with Crippen LogP contribution in [0.5, 0.6) is 0 Å². The van der Waals surface area contributed by atoms with Gasteiger partial charge in [-0.2, -0.15) is 5.53 Å². The van der Waals surface area contributed by atoms with Crippen LogP contribution >= 0.6 is 11.6 Å². The number of nitrogens with zero attached hydrogens (tertiary/aromatic N) is 5. The van der Waals surface area contributed by atoms with Crippen molar-refractivity contribution >= 4 is 17.4 Å². The summed E-state index contributed by atoms with van der Waals surface area (Å²) in [5.74, 6) is 0.534. The number of piperazine rings is 1. The van der Waals surface area contributed by atoms with Crippen LogP contribution in [0.2, 0.25) is 5.02 Å². The summed E-state index contributed by atoms with van der Waals surface area (Å²) in [6.07, 6.45) is 1.85. The van der Waals surface area contributed by atoms with E-state index in [4.69, 9.17) is 16.4 Å². The molecule has 0 spiro atoms. The molecule has 1 aromatic carbocycles. The van der Waals surface area contributed by atoms with Gasteiger partial charge in [0.1, 0.15) is 5.84 Å². The van der Waals surface area contributed by atoms with Crippen LogP contribution in [-0.2, 0) is 11.4 Å². The molecule has 8 nitrogen and oxygen atoms in total. The van der Waals surface area contributed by atoms with Gasteiger partial charge >= 0.3 is 0 Å². The van der Waals surface area contributed by atoms with Crippen molar-refractivity contribution in [3.63, 3.8) is 0 Å². The number of benzene rings is 1. The predicted molar refractivity (Wildman–Crippen MR) is 113 cm³/mol. The highest BCUT2D eigenvalue weighted by Crippen LogP contribution is 2.24. The molecule has 9 heteroatoms. The van der Waals surface area contributed by atoms with E-state index >= 15 is 0 Å². The van der Waals surface area contributed by atoms with Crippen LogP contribution in [0.4, 0.5) is 0 Å². The minimum atomic E-state index is 0.534. The van der Waals surface area contributed by atoms with Crippen molar-refractivity contribution in [1.29, 1.82) is 0 Å². The van der Waals surface area contributed by atoms with Gasteiger partial charge in [0.2, 0.25) is 0 Å². The Bertz CT molecular complexity index is 837. The second-order valence-electron chi connectivity index (χ2n) is 7.03. The molecule has 2 aromatic rings. The molecule has 0 saturated carbocycles. The molecule has 1 aromatic heterocycles. The fourth-order valence-corrected chi connectivity index (χ4v) is 3.57. The van der Waals surface area contributed by atoms with Crippen molar-refractivity contribution in [2.75, 3.05) is 39.3 Å². The molecule has 1 fully saturated rings. The van der Waals surface area contributed by atoms with Crippen molar-refractivity contribution in [3.05, 3.63) is 60.1 Å². The monoisotopic (exact) mass is 414 g/mol. The third kappa shape index (κ3) is 5.43. The maximum atomic E-state index is 6.03. The first kappa shape index (κ1) is 20.1. The molecular weight excluding hydrogens is 390 g/mol. The molecule has 2 aliphatic heterocycles. The molecular formula is C20H25ClN7O. The van der Waals surface area contributed by atoms with Crippen molar-refractivity contribution in [1.82, 2.24) is 31.0 Å². The van der Waals surface area contributed by atoms with E-state index < -0.39 is 0 Å². The summed E-state index contributed by atoms with van der Waals surface area (Å²) in [6, 6.07) is 12.0. The van der Waals surface area contributed by atoms with Gasteiger partial charge in [-0.25, -0.2) is 0 Å². The van der Waals surface area contributed by atoms with E-state index in [2.05, 4.69) is 43.8 Å². The van der Waals surface area contributed by atoms with Crippen molar-refractivity contribution in [3.8, 4) is 11.3 Å². The summed E-state index contributed by atoms with van der Waals surface area (Å²) in [6.45, 7) is 10.1. The molecule has 0 amide bonds. The van der Waals surface area contributed by atoms with Gasteiger partial charge in [-0.1, -0.05) is 29.8 Å². The number of hydrazine groups is 2. The molecule has 153 valence electrons. The molecule has 0 atom stereocenters. The lowest BCUT2D eigenvalue weighted by molar-refractivity contribution is -0.211.